The fraction of sp³-hybridized carbons (Fsp3) is 0.316. The average molecular weight is 395 g/mol. The first-order valence-electron chi connectivity index (χ1n) is 8.55. The molecule has 1 aliphatic heterocycles. The largest absolute Gasteiger partial charge is 0.490 e. The number of nitrogens with one attached hydrogen (secondary N) is 2. The van der Waals surface area contributed by atoms with Crippen molar-refractivity contribution in [2.75, 3.05) is 6.54 Å². The van der Waals surface area contributed by atoms with Crippen molar-refractivity contribution in [2.45, 2.75) is 31.6 Å². The van der Waals surface area contributed by atoms with Gasteiger partial charge in [-0.25, -0.2) is 4.79 Å². The zero-order valence-corrected chi connectivity index (χ0v) is 14.9. The van der Waals surface area contributed by atoms with Crippen LogP contribution in [0.4, 0.5) is 13.2 Å². The molecule has 1 amide bonds. The lowest BCUT2D eigenvalue weighted by Gasteiger charge is -2.16. The summed E-state index contributed by atoms with van der Waals surface area (Å²) in [6.07, 6.45) is -1.63. The molecule has 6 nitrogen and oxygen atoms in total. The quantitative estimate of drug-likeness (QED) is 0.740. The minimum absolute atomic E-state index is 0.0392. The Hall–Kier alpha value is -2.94. The Bertz CT molecular complexity index is 798. The van der Waals surface area contributed by atoms with E-state index in [4.69, 9.17) is 9.90 Å². The van der Waals surface area contributed by atoms with Crippen LogP contribution < -0.4 is 10.6 Å². The van der Waals surface area contributed by atoms with E-state index in [1.807, 2.05) is 24.3 Å². The molecule has 0 unspecified atom stereocenters. The minimum Gasteiger partial charge on any atom is -0.475 e. The van der Waals surface area contributed by atoms with Crippen molar-refractivity contribution in [1.29, 1.82) is 0 Å². The van der Waals surface area contributed by atoms with Gasteiger partial charge in [-0.05, 0) is 42.6 Å². The van der Waals surface area contributed by atoms with Gasteiger partial charge >= 0.3 is 12.1 Å². The zero-order chi connectivity index (χ0) is 20.6. The Labute approximate surface area is 159 Å². The highest BCUT2D eigenvalue weighted by atomic mass is 19.4. The number of benzene rings is 1. The summed E-state index contributed by atoms with van der Waals surface area (Å²) in [7, 11) is 0. The number of aromatic nitrogens is 1. The van der Waals surface area contributed by atoms with Gasteiger partial charge in [-0.1, -0.05) is 30.3 Å². The lowest BCUT2D eigenvalue weighted by Crippen LogP contribution is -2.45. The fourth-order valence-corrected chi connectivity index (χ4v) is 2.66. The molecule has 3 N–H and O–H groups in total. The number of hydrogen-bond acceptors (Lipinski definition) is 4. The smallest absolute Gasteiger partial charge is 0.475 e. The van der Waals surface area contributed by atoms with Crippen LogP contribution in [0.5, 0.6) is 0 Å². The van der Waals surface area contributed by atoms with Crippen LogP contribution in [0.3, 0.4) is 0 Å². The van der Waals surface area contributed by atoms with E-state index in [1.165, 1.54) is 11.1 Å². The molecule has 150 valence electrons. The summed E-state index contributed by atoms with van der Waals surface area (Å²) < 4.78 is 31.7. The van der Waals surface area contributed by atoms with Crippen molar-refractivity contribution in [3.8, 4) is 0 Å². The Morgan fingerprint density at radius 3 is 2.39 bits per heavy atom. The third-order valence-electron chi connectivity index (χ3n) is 4.06. The normalized spacial score (nSPS) is 16.0. The van der Waals surface area contributed by atoms with Crippen molar-refractivity contribution in [1.82, 2.24) is 15.6 Å². The Morgan fingerprint density at radius 2 is 1.79 bits per heavy atom. The summed E-state index contributed by atoms with van der Waals surface area (Å²) in [5.41, 5.74) is 3.48. The third-order valence-corrected chi connectivity index (χ3v) is 4.06. The van der Waals surface area contributed by atoms with Gasteiger partial charge in [-0.3, -0.25) is 9.78 Å². The van der Waals surface area contributed by atoms with Crippen molar-refractivity contribution in [2.24, 2.45) is 0 Å². The van der Waals surface area contributed by atoms with Crippen LogP contribution >= 0.6 is 0 Å². The highest BCUT2D eigenvalue weighted by molar-refractivity contribution is 5.82. The number of hydrogen-bond donors (Lipinski definition) is 3. The Morgan fingerprint density at radius 1 is 1.14 bits per heavy atom. The molecule has 1 aromatic carbocycles. The fourth-order valence-electron chi connectivity index (χ4n) is 2.66. The molecule has 28 heavy (non-hydrogen) atoms. The molecule has 0 radical (unpaired) electrons. The lowest BCUT2D eigenvalue weighted by atomic mass is 10.0. The summed E-state index contributed by atoms with van der Waals surface area (Å²) in [6.45, 7) is 1.30. The van der Waals surface area contributed by atoms with Crippen LogP contribution in [0.25, 0.3) is 0 Å². The number of carboxylic acid groups (broad SMARTS) is 1. The van der Waals surface area contributed by atoms with Crippen LogP contribution in [-0.4, -0.2) is 40.7 Å². The van der Waals surface area contributed by atoms with E-state index in [0.29, 0.717) is 6.54 Å². The number of carbonyl (C=O) groups excluding carboxylic acids is 1. The molecule has 1 aromatic heterocycles. The molecule has 1 aliphatic rings. The summed E-state index contributed by atoms with van der Waals surface area (Å²) >= 11 is 0. The van der Waals surface area contributed by atoms with Crippen molar-refractivity contribution in [3.63, 3.8) is 0 Å². The van der Waals surface area contributed by atoms with Crippen LogP contribution in [0.15, 0.2) is 48.7 Å². The number of fused-ring (bicyclic) bond motifs is 1. The molecule has 0 saturated heterocycles. The first-order chi connectivity index (χ1) is 13.3. The van der Waals surface area contributed by atoms with E-state index < -0.39 is 12.1 Å². The topological polar surface area (TPSA) is 91.3 Å². The average Bonchev–Trinajstić information content (AvgIpc) is 2.89. The number of nitrogens with zero attached hydrogens (tertiary/aromatic N) is 1. The van der Waals surface area contributed by atoms with Gasteiger partial charge in [0, 0.05) is 6.20 Å². The summed E-state index contributed by atoms with van der Waals surface area (Å²) in [5, 5.41) is 13.4. The number of alkyl halides is 3. The van der Waals surface area contributed by atoms with Crippen molar-refractivity contribution in [3.05, 3.63) is 65.5 Å². The summed E-state index contributed by atoms with van der Waals surface area (Å²) in [6, 6.07) is 13.9. The highest BCUT2D eigenvalue weighted by Crippen LogP contribution is 2.15. The lowest BCUT2D eigenvalue weighted by molar-refractivity contribution is -0.192. The Kier molecular flexibility index (Phi) is 7.51. The number of rotatable bonds is 3. The number of amides is 1. The molecule has 0 spiro atoms. The van der Waals surface area contributed by atoms with E-state index in [1.54, 1.807) is 6.20 Å². The van der Waals surface area contributed by atoms with Crippen molar-refractivity contribution < 1.29 is 27.9 Å². The molecule has 3 rings (SSSR count). The van der Waals surface area contributed by atoms with Crippen LogP contribution in [-0.2, 0) is 29.0 Å². The molecule has 0 fully saturated rings. The highest BCUT2D eigenvalue weighted by Gasteiger charge is 2.38. The molecular weight excluding hydrogens is 375 g/mol. The summed E-state index contributed by atoms with van der Waals surface area (Å²) in [4.78, 5) is 25.4. The van der Waals surface area contributed by atoms with Crippen molar-refractivity contribution >= 4 is 11.9 Å². The number of pyridine rings is 1. The maximum atomic E-state index is 12.3. The monoisotopic (exact) mass is 395 g/mol. The molecule has 1 atom stereocenters. The van der Waals surface area contributed by atoms with Gasteiger partial charge in [0.1, 0.15) is 0 Å². The molecular formula is C19H20F3N3O3. The van der Waals surface area contributed by atoms with Crippen LogP contribution in [0.2, 0.25) is 0 Å². The van der Waals surface area contributed by atoms with E-state index in [-0.39, 0.29) is 11.9 Å². The van der Waals surface area contributed by atoms with Gasteiger partial charge in [-0.15, -0.1) is 0 Å². The predicted molar refractivity (Wildman–Crippen MR) is 95.4 cm³/mol. The third kappa shape index (κ3) is 6.66. The molecule has 9 heteroatoms. The maximum absolute atomic E-state index is 12.3. The number of aliphatic carboxylic acids is 1. The van der Waals surface area contributed by atoms with E-state index in [2.05, 4.69) is 33.8 Å². The first kappa shape index (κ1) is 21.4. The van der Waals surface area contributed by atoms with E-state index >= 15 is 0 Å². The van der Waals surface area contributed by atoms with Gasteiger partial charge in [0.05, 0.1) is 18.3 Å². The van der Waals surface area contributed by atoms with E-state index in [9.17, 15) is 18.0 Å². The van der Waals surface area contributed by atoms with Crippen LogP contribution in [0.1, 0.15) is 16.8 Å². The molecule has 0 aliphatic carbocycles. The predicted octanol–water partition coefficient (Wildman–Crippen LogP) is 2.09. The SMILES string of the molecule is O=C(NCc1ccccn1)[C@@H]1Cc2ccccc2CCN1.O=C(O)C(F)(F)F. The second-order valence-corrected chi connectivity index (χ2v) is 6.07. The molecule has 2 heterocycles. The Balaban J connectivity index is 0.000000345. The van der Waals surface area contributed by atoms with Gasteiger partial charge in [0.2, 0.25) is 5.91 Å². The number of carboxylic acids is 1. The van der Waals surface area contributed by atoms with E-state index in [0.717, 1.165) is 25.1 Å². The van der Waals surface area contributed by atoms with Gasteiger partial charge in [0.15, 0.2) is 0 Å². The van der Waals surface area contributed by atoms with Gasteiger partial charge < -0.3 is 15.7 Å². The zero-order valence-electron chi connectivity index (χ0n) is 14.9. The molecule has 2 aromatic rings. The summed E-state index contributed by atoms with van der Waals surface area (Å²) in [5.74, 6) is -2.72. The van der Waals surface area contributed by atoms with Gasteiger partial charge in [-0.2, -0.15) is 13.2 Å². The minimum atomic E-state index is -5.08. The van der Waals surface area contributed by atoms with Gasteiger partial charge in [0.25, 0.3) is 0 Å². The molecule has 0 saturated carbocycles. The maximum Gasteiger partial charge on any atom is 0.490 e. The van der Waals surface area contributed by atoms with Crippen LogP contribution in [0, 0.1) is 0 Å². The number of halogens is 3. The number of carbonyl (C=O) groups is 2. The molecule has 0 bridgehead atoms. The second kappa shape index (κ2) is 9.84. The second-order valence-electron chi connectivity index (χ2n) is 6.07. The standard InChI is InChI=1S/C17H19N3O.C2HF3O2/c21-17(20-12-15-7-3-4-9-18-15)16-11-14-6-2-1-5-13(14)8-10-19-16;3-2(4,5)1(6)7/h1-7,9,16,19H,8,10-12H2,(H,20,21);(H,6,7)/t16-;/m0./s1. The first-order valence-corrected chi connectivity index (χ1v) is 8.55.